The van der Waals surface area contributed by atoms with Crippen LogP contribution in [0.25, 0.3) is 6.08 Å². The van der Waals surface area contributed by atoms with E-state index in [0.717, 1.165) is 61.3 Å². The van der Waals surface area contributed by atoms with Crippen molar-refractivity contribution in [2.75, 3.05) is 32.8 Å². The van der Waals surface area contributed by atoms with E-state index in [9.17, 15) is 9.18 Å². The van der Waals surface area contributed by atoms with Crippen molar-refractivity contribution in [2.24, 2.45) is 0 Å². The zero-order valence-corrected chi connectivity index (χ0v) is 23.8. The highest BCUT2D eigenvalue weighted by molar-refractivity contribution is 6.22. The predicted molar refractivity (Wildman–Crippen MR) is 158 cm³/mol. The number of alkyl halides is 1. The van der Waals surface area contributed by atoms with Gasteiger partial charge in [0.25, 0.3) is 0 Å². The third-order valence-corrected chi connectivity index (χ3v) is 7.90. The number of benzene rings is 2. The number of ether oxygens (including phenoxy) is 2. The predicted octanol–water partition coefficient (Wildman–Crippen LogP) is 6.00. The summed E-state index contributed by atoms with van der Waals surface area (Å²) < 4.78 is 25.0. The van der Waals surface area contributed by atoms with Crippen LogP contribution in [0, 0.1) is 5.82 Å². The van der Waals surface area contributed by atoms with Crippen molar-refractivity contribution in [1.29, 1.82) is 0 Å². The Bertz CT molecular complexity index is 1330. The third kappa shape index (κ3) is 7.31. The number of carbonyl (C=O) groups is 1. The Hall–Kier alpha value is -3.33. The minimum atomic E-state index is -0.488. The van der Waals surface area contributed by atoms with Gasteiger partial charge in [0, 0.05) is 24.5 Å². The maximum absolute atomic E-state index is 13.4. The van der Waals surface area contributed by atoms with Gasteiger partial charge in [-0.25, -0.2) is 9.18 Å². The maximum atomic E-state index is 13.4. The second-order valence-electron chi connectivity index (χ2n) is 10.5. The molecule has 2 aromatic carbocycles. The van der Waals surface area contributed by atoms with Gasteiger partial charge in [-0.3, -0.25) is 4.90 Å². The van der Waals surface area contributed by atoms with Crippen molar-refractivity contribution in [3.8, 4) is 11.5 Å². The number of rotatable bonds is 12. The molecule has 3 N–H and O–H groups in total. The van der Waals surface area contributed by atoms with Gasteiger partial charge < -0.3 is 24.9 Å². The lowest BCUT2D eigenvalue weighted by Gasteiger charge is -2.35. The molecular weight excluding hydrogens is 545 g/mol. The molecule has 1 aliphatic heterocycles. The van der Waals surface area contributed by atoms with Crippen LogP contribution in [0.3, 0.4) is 0 Å². The molecule has 1 amide bonds. The molecule has 1 aromatic heterocycles. The fourth-order valence-electron chi connectivity index (χ4n) is 5.55. The van der Waals surface area contributed by atoms with Gasteiger partial charge in [-0.1, -0.05) is 31.1 Å². The van der Waals surface area contributed by atoms with Gasteiger partial charge in [-0.2, -0.15) is 0 Å². The van der Waals surface area contributed by atoms with E-state index >= 15 is 0 Å². The summed E-state index contributed by atoms with van der Waals surface area (Å²) in [6, 6.07) is 13.0. The van der Waals surface area contributed by atoms with Crippen molar-refractivity contribution in [1.82, 2.24) is 15.2 Å². The number of aliphatic hydroxyl groups is 1. The summed E-state index contributed by atoms with van der Waals surface area (Å²) in [6.07, 6.45) is 9.22. The topological polar surface area (TPSA) is 86.8 Å². The number of aliphatic hydroxyl groups excluding tert-OH is 1. The lowest BCUT2D eigenvalue weighted by molar-refractivity contribution is 0.135. The molecule has 0 fully saturated rings. The van der Waals surface area contributed by atoms with Crippen molar-refractivity contribution in [2.45, 2.75) is 49.9 Å². The van der Waals surface area contributed by atoms with Crippen LogP contribution < -0.4 is 14.8 Å². The van der Waals surface area contributed by atoms with Gasteiger partial charge in [-0.05, 0) is 91.4 Å². The smallest absolute Gasteiger partial charge is 0.416 e. The van der Waals surface area contributed by atoms with E-state index in [0.29, 0.717) is 31.9 Å². The first-order valence-electron chi connectivity index (χ1n) is 14.4. The normalized spacial score (nSPS) is 17.7. The van der Waals surface area contributed by atoms with Crippen molar-refractivity contribution in [3.63, 3.8) is 0 Å². The van der Waals surface area contributed by atoms with E-state index in [2.05, 4.69) is 10.3 Å². The highest BCUT2D eigenvalue weighted by Gasteiger charge is 2.37. The Balaban J connectivity index is 1.28. The van der Waals surface area contributed by atoms with E-state index < -0.39 is 6.09 Å². The Kier molecular flexibility index (Phi) is 9.98. The quantitative estimate of drug-likeness (QED) is 0.180. The number of aromatic nitrogens is 1. The summed E-state index contributed by atoms with van der Waals surface area (Å²) in [5, 5.41) is 11.9. The number of allylic oxidation sites excluding steroid dienone is 1. The van der Waals surface area contributed by atoms with Crippen LogP contribution in [0.2, 0.25) is 0 Å². The fourth-order valence-corrected chi connectivity index (χ4v) is 5.77. The average molecular weight is 582 g/mol. The van der Waals surface area contributed by atoms with E-state index in [1.165, 1.54) is 35.4 Å². The van der Waals surface area contributed by atoms with Gasteiger partial charge >= 0.3 is 6.09 Å². The molecule has 41 heavy (non-hydrogen) atoms. The Morgan fingerprint density at radius 3 is 2.56 bits per heavy atom. The van der Waals surface area contributed by atoms with Gasteiger partial charge in [0.2, 0.25) is 0 Å². The molecule has 5 rings (SSSR count). The molecule has 0 bridgehead atoms. The molecule has 218 valence electrons. The summed E-state index contributed by atoms with van der Waals surface area (Å²) in [5.41, 5.74) is 5.36. The molecule has 0 spiro atoms. The fraction of sp³-hybridized carbons (Fsp3) is 0.406. The highest BCUT2D eigenvalue weighted by Crippen LogP contribution is 2.40. The number of aromatic amines is 1. The minimum absolute atomic E-state index is 0.0540. The number of hydrogen-bond acceptors (Lipinski definition) is 5. The van der Waals surface area contributed by atoms with Crippen LogP contribution in [0.4, 0.5) is 9.18 Å². The zero-order valence-electron chi connectivity index (χ0n) is 23.1. The molecule has 0 radical (unpaired) electrons. The molecule has 1 aliphatic carbocycles. The summed E-state index contributed by atoms with van der Waals surface area (Å²) >= 11 is 6.45. The van der Waals surface area contributed by atoms with Crippen LogP contribution in [-0.4, -0.2) is 59.3 Å². The van der Waals surface area contributed by atoms with E-state index in [-0.39, 0.29) is 23.8 Å². The van der Waals surface area contributed by atoms with E-state index in [4.69, 9.17) is 26.2 Å². The Labute approximate surface area is 245 Å². The summed E-state index contributed by atoms with van der Waals surface area (Å²) in [6.45, 7) is 2.86. The number of fused-ring (bicyclic) bond motifs is 3. The summed E-state index contributed by atoms with van der Waals surface area (Å²) in [7, 11) is 0. The number of carbonyl (C=O) groups excluding carboxylic acids is 1. The number of amides is 1. The molecule has 2 aliphatic rings. The van der Waals surface area contributed by atoms with Crippen molar-refractivity contribution >= 4 is 23.8 Å². The molecule has 9 heteroatoms. The molecule has 2 heterocycles. The Morgan fingerprint density at radius 2 is 1.78 bits per heavy atom. The number of hydrogen-bond donors (Lipinski definition) is 3. The van der Waals surface area contributed by atoms with Crippen LogP contribution in [0.1, 0.15) is 59.8 Å². The second-order valence-corrected chi connectivity index (χ2v) is 11.0. The van der Waals surface area contributed by atoms with Crippen molar-refractivity contribution in [3.05, 3.63) is 88.5 Å². The maximum Gasteiger partial charge on any atom is 0.416 e. The molecular formula is C32H37ClFN3O4. The number of unbranched alkanes of at least 4 members (excludes halogenated alkanes) is 3. The minimum Gasteiger partial charge on any atom is -0.494 e. The third-order valence-electron chi connectivity index (χ3n) is 7.60. The summed E-state index contributed by atoms with van der Waals surface area (Å²) in [4.78, 5) is 18.7. The first kappa shape index (κ1) is 29.2. The van der Waals surface area contributed by atoms with Gasteiger partial charge in [0.15, 0.2) is 0 Å². The molecule has 2 unspecified atom stereocenters. The number of nitrogens with one attached hydrogen (secondary N) is 2. The van der Waals surface area contributed by atoms with Crippen LogP contribution in [0.5, 0.6) is 11.5 Å². The van der Waals surface area contributed by atoms with Crippen molar-refractivity contribution < 1.29 is 23.8 Å². The van der Waals surface area contributed by atoms with Gasteiger partial charge in [0.05, 0.1) is 18.6 Å². The number of nitrogens with zero attached hydrogens (tertiary/aromatic N) is 1. The molecule has 0 saturated carbocycles. The average Bonchev–Trinajstić information content (AvgIpc) is 3.35. The largest absolute Gasteiger partial charge is 0.494 e. The van der Waals surface area contributed by atoms with E-state index in [1.54, 1.807) is 4.90 Å². The molecule has 7 nitrogen and oxygen atoms in total. The standard InChI is InChI=1S/C32H37ClFN3O4/c33-23-7-14-29-28(21-23)27-15-18-37(32(39)41-26-12-8-24(34)9-13-26)31(30(27)36-29)22-5-10-25(11-6-22)40-20-4-2-1-3-16-35-17-19-38/h5-14,23,31,35-36,38H,1-4,15-21H2. The highest BCUT2D eigenvalue weighted by atomic mass is 35.5. The number of H-pyrrole nitrogens is 1. The van der Waals surface area contributed by atoms with Gasteiger partial charge in [0.1, 0.15) is 23.4 Å². The zero-order chi connectivity index (χ0) is 28.6. The molecule has 0 saturated heterocycles. The number of halogens is 2. The van der Waals surface area contributed by atoms with Crippen LogP contribution in [-0.2, 0) is 12.8 Å². The monoisotopic (exact) mass is 581 g/mol. The van der Waals surface area contributed by atoms with Crippen LogP contribution >= 0.6 is 11.6 Å². The molecule has 2 atom stereocenters. The van der Waals surface area contributed by atoms with E-state index in [1.807, 2.05) is 36.4 Å². The Morgan fingerprint density at radius 1 is 1.02 bits per heavy atom. The first-order valence-corrected chi connectivity index (χ1v) is 14.8. The molecule has 3 aromatic rings. The lowest BCUT2D eigenvalue weighted by atomic mass is 9.89. The van der Waals surface area contributed by atoms with Crippen LogP contribution in [0.15, 0.2) is 54.6 Å². The first-order chi connectivity index (χ1) is 20.0. The SMILES string of the molecule is O=C(Oc1ccc(F)cc1)N1CCc2c([nH]c3c2CC(Cl)C=C3)C1c1ccc(OCCCCCCNCCO)cc1. The summed E-state index contributed by atoms with van der Waals surface area (Å²) in [5.74, 6) is 0.695. The lowest BCUT2D eigenvalue weighted by Crippen LogP contribution is -2.42. The second kappa shape index (κ2) is 14.0. The van der Waals surface area contributed by atoms with Gasteiger partial charge in [-0.15, -0.1) is 11.6 Å².